The van der Waals surface area contributed by atoms with Crippen LogP contribution in [0.15, 0.2) is 12.4 Å². The number of aromatic nitrogens is 2. The summed E-state index contributed by atoms with van der Waals surface area (Å²) in [5, 5.41) is 9.11. The molecule has 1 aromatic rings. The van der Waals surface area contributed by atoms with Gasteiger partial charge in [-0.2, -0.15) is 0 Å². The number of carboxylic acid groups (broad SMARTS) is 1. The number of hydrogen-bond acceptors (Lipinski definition) is 5. The molecule has 0 spiro atoms. The topological polar surface area (TPSA) is 75.5 Å². The second-order valence-corrected chi connectivity index (χ2v) is 4.44. The van der Waals surface area contributed by atoms with Gasteiger partial charge in [-0.15, -0.1) is 0 Å². The summed E-state index contributed by atoms with van der Waals surface area (Å²) in [5.41, 5.74) is 0.0237. The Bertz CT molecular complexity index is 423. The standard InChI is InChI=1S/C12H17N3O3/c1-18-8-9-3-2-6-15(7-9)11-10(12(16)17)13-4-5-14-11/h4-5,9H,2-3,6-8H2,1H3,(H,16,17). The first-order chi connectivity index (χ1) is 8.72. The summed E-state index contributed by atoms with van der Waals surface area (Å²) in [7, 11) is 1.68. The van der Waals surface area contributed by atoms with E-state index in [1.807, 2.05) is 4.90 Å². The number of piperidine rings is 1. The van der Waals surface area contributed by atoms with Crippen molar-refractivity contribution in [1.82, 2.24) is 9.97 Å². The normalized spacial score (nSPS) is 19.8. The molecule has 0 bridgehead atoms. The number of methoxy groups -OCH3 is 1. The lowest BCUT2D eigenvalue weighted by Crippen LogP contribution is -2.38. The molecule has 2 rings (SSSR count). The van der Waals surface area contributed by atoms with E-state index in [4.69, 9.17) is 9.84 Å². The van der Waals surface area contributed by atoms with Crippen LogP contribution in [-0.2, 0) is 4.74 Å². The molecule has 0 aliphatic carbocycles. The molecule has 18 heavy (non-hydrogen) atoms. The van der Waals surface area contributed by atoms with Crippen LogP contribution in [0.4, 0.5) is 5.82 Å². The number of rotatable bonds is 4. The summed E-state index contributed by atoms with van der Waals surface area (Å²) in [5.74, 6) is -0.148. The Morgan fingerprint density at radius 3 is 3.06 bits per heavy atom. The number of ether oxygens (including phenoxy) is 1. The van der Waals surface area contributed by atoms with Gasteiger partial charge < -0.3 is 14.7 Å². The van der Waals surface area contributed by atoms with Gasteiger partial charge in [0.1, 0.15) is 0 Å². The molecule has 98 valence electrons. The molecule has 0 saturated carbocycles. The van der Waals surface area contributed by atoms with Gasteiger partial charge in [-0.3, -0.25) is 0 Å². The van der Waals surface area contributed by atoms with Gasteiger partial charge in [-0.1, -0.05) is 0 Å². The average Bonchev–Trinajstić information content (AvgIpc) is 2.39. The lowest BCUT2D eigenvalue weighted by atomic mass is 9.99. The van der Waals surface area contributed by atoms with E-state index in [2.05, 4.69) is 9.97 Å². The second-order valence-electron chi connectivity index (χ2n) is 4.44. The van der Waals surface area contributed by atoms with Crippen molar-refractivity contribution in [3.8, 4) is 0 Å². The van der Waals surface area contributed by atoms with Gasteiger partial charge in [0.15, 0.2) is 11.5 Å². The van der Waals surface area contributed by atoms with E-state index < -0.39 is 5.97 Å². The van der Waals surface area contributed by atoms with Crippen molar-refractivity contribution in [2.75, 3.05) is 31.7 Å². The number of hydrogen-bond donors (Lipinski definition) is 1. The Kier molecular flexibility index (Phi) is 4.09. The fourth-order valence-corrected chi connectivity index (χ4v) is 2.34. The van der Waals surface area contributed by atoms with Crippen molar-refractivity contribution < 1.29 is 14.6 Å². The molecule has 0 aromatic carbocycles. The lowest BCUT2D eigenvalue weighted by Gasteiger charge is -2.33. The maximum absolute atomic E-state index is 11.1. The molecule has 1 aliphatic heterocycles. The largest absolute Gasteiger partial charge is 0.476 e. The van der Waals surface area contributed by atoms with E-state index in [0.29, 0.717) is 18.3 Å². The van der Waals surface area contributed by atoms with Crippen LogP contribution in [0, 0.1) is 5.92 Å². The van der Waals surface area contributed by atoms with Crippen LogP contribution in [0.3, 0.4) is 0 Å². The minimum absolute atomic E-state index is 0.0237. The molecular formula is C12H17N3O3. The van der Waals surface area contributed by atoms with Crippen LogP contribution < -0.4 is 4.90 Å². The number of carbonyl (C=O) groups is 1. The number of nitrogens with zero attached hydrogens (tertiary/aromatic N) is 3. The van der Waals surface area contributed by atoms with E-state index in [9.17, 15) is 4.79 Å². The van der Waals surface area contributed by atoms with Gasteiger partial charge in [0.25, 0.3) is 0 Å². The highest BCUT2D eigenvalue weighted by molar-refractivity contribution is 5.90. The van der Waals surface area contributed by atoms with Crippen molar-refractivity contribution in [2.24, 2.45) is 5.92 Å². The molecule has 2 heterocycles. The summed E-state index contributed by atoms with van der Waals surface area (Å²) in [6.45, 7) is 2.28. The lowest BCUT2D eigenvalue weighted by molar-refractivity contribution is 0.0690. The van der Waals surface area contributed by atoms with Crippen molar-refractivity contribution in [3.05, 3.63) is 18.1 Å². The van der Waals surface area contributed by atoms with Crippen LogP contribution in [0.25, 0.3) is 0 Å². The van der Waals surface area contributed by atoms with E-state index in [0.717, 1.165) is 25.9 Å². The minimum Gasteiger partial charge on any atom is -0.476 e. The Hall–Kier alpha value is -1.69. The van der Waals surface area contributed by atoms with Crippen LogP contribution >= 0.6 is 0 Å². The van der Waals surface area contributed by atoms with Crippen LogP contribution in [0.5, 0.6) is 0 Å². The summed E-state index contributed by atoms with van der Waals surface area (Å²) in [6.07, 6.45) is 5.06. The van der Waals surface area contributed by atoms with Gasteiger partial charge in [-0.05, 0) is 18.8 Å². The smallest absolute Gasteiger partial charge is 0.358 e. The van der Waals surface area contributed by atoms with Crippen LogP contribution in [0.1, 0.15) is 23.3 Å². The molecule has 1 unspecified atom stereocenters. The van der Waals surface area contributed by atoms with Crippen molar-refractivity contribution in [2.45, 2.75) is 12.8 Å². The predicted octanol–water partition coefficient (Wildman–Crippen LogP) is 1.04. The average molecular weight is 251 g/mol. The summed E-state index contributed by atoms with van der Waals surface area (Å²) < 4.78 is 5.16. The summed E-state index contributed by atoms with van der Waals surface area (Å²) in [4.78, 5) is 21.2. The first-order valence-corrected chi connectivity index (χ1v) is 6.00. The van der Waals surface area contributed by atoms with E-state index >= 15 is 0 Å². The zero-order valence-corrected chi connectivity index (χ0v) is 10.4. The fourth-order valence-electron chi connectivity index (χ4n) is 2.34. The zero-order chi connectivity index (χ0) is 13.0. The highest BCUT2D eigenvalue weighted by Gasteiger charge is 2.25. The van der Waals surface area contributed by atoms with E-state index in [1.165, 1.54) is 12.4 Å². The monoisotopic (exact) mass is 251 g/mol. The van der Waals surface area contributed by atoms with Gasteiger partial charge in [-0.25, -0.2) is 14.8 Å². The zero-order valence-electron chi connectivity index (χ0n) is 10.4. The first kappa shape index (κ1) is 12.8. The summed E-state index contributed by atoms with van der Waals surface area (Å²) in [6, 6.07) is 0. The van der Waals surface area contributed by atoms with Crippen LogP contribution in [0.2, 0.25) is 0 Å². The van der Waals surface area contributed by atoms with Gasteiger partial charge in [0.2, 0.25) is 0 Å². The number of anilines is 1. The molecule has 0 radical (unpaired) electrons. The third-order valence-electron chi connectivity index (χ3n) is 3.10. The molecule has 1 fully saturated rings. The molecule has 6 nitrogen and oxygen atoms in total. The Balaban J connectivity index is 2.18. The van der Waals surface area contributed by atoms with Crippen LogP contribution in [-0.4, -0.2) is 47.8 Å². The number of carboxylic acids is 1. The third-order valence-corrected chi connectivity index (χ3v) is 3.10. The Morgan fingerprint density at radius 2 is 2.33 bits per heavy atom. The quantitative estimate of drug-likeness (QED) is 0.861. The van der Waals surface area contributed by atoms with E-state index in [1.54, 1.807) is 7.11 Å². The Morgan fingerprint density at radius 1 is 1.56 bits per heavy atom. The molecule has 1 N–H and O–H groups in total. The molecule has 6 heteroatoms. The molecular weight excluding hydrogens is 234 g/mol. The molecule has 1 saturated heterocycles. The van der Waals surface area contributed by atoms with Gasteiger partial charge in [0.05, 0.1) is 6.61 Å². The SMILES string of the molecule is COCC1CCCN(c2nccnc2C(=O)O)C1. The molecule has 1 atom stereocenters. The van der Waals surface area contributed by atoms with E-state index in [-0.39, 0.29) is 5.69 Å². The highest BCUT2D eigenvalue weighted by Crippen LogP contribution is 2.23. The van der Waals surface area contributed by atoms with Crippen molar-refractivity contribution >= 4 is 11.8 Å². The summed E-state index contributed by atoms with van der Waals surface area (Å²) >= 11 is 0. The second kappa shape index (κ2) is 5.77. The van der Waals surface area contributed by atoms with Crippen molar-refractivity contribution in [1.29, 1.82) is 0 Å². The molecule has 1 aromatic heterocycles. The molecule has 1 aliphatic rings. The predicted molar refractivity (Wildman–Crippen MR) is 65.8 cm³/mol. The Labute approximate surface area is 106 Å². The maximum Gasteiger partial charge on any atom is 0.358 e. The highest BCUT2D eigenvalue weighted by atomic mass is 16.5. The number of aromatic carboxylic acids is 1. The third kappa shape index (κ3) is 2.76. The fraction of sp³-hybridized carbons (Fsp3) is 0.583. The first-order valence-electron chi connectivity index (χ1n) is 6.00. The maximum atomic E-state index is 11.1. The minimum atomic E-state index is -1.04. The van der Waals surface area contributed by atoms with Gasteiger partial charge in [0, 0.05) is 32.6 Å². The van der Waals surface area contributed by atoms with Crippen molar-refractivity contribution in [3.63, 3.8) is 0 Å². The van der Waals surface area contributed by atoms with Gasteiger partial charge >= 0.3 is 5.97 Å². The molecule has 0 amide bonds.